The van der Waals surface area contributed by atoms with Crippen molar-refractivity contribution in [2.45, 2.75) is 18.9 Å². The number of ether oxygens (including phenoxy) is 1. The fourth-order valence-electron chi connectivity index (χ4n) is 1.58. The first-order valence-electron chi connectivity index (χ1n) is 4.71. The van der Waals surface area contributed by atoms with E-state index < -0.39 is 0 Å². The second-order valence-corrected chi connectivity index (χ2v) is 3.64. The van der Waals surface area contributed by atoms with Gasteiger partial charge >= 0.3 is 0 Å². The summed E-state index contributed by atoms with van der Waals surface area (Å²) in [7, 11) is 1.68. The second-order valence-electron chi connectivity index (χ2n) is 3.64. The molecule has 1 atom stereocenters. The lowest BCUT2D eigenvalue weighted by atomic mass is 10.0. The Hall–Kier alpha value is -0.730. The number of hydrogen-bond acceptors (Lipinski definition) is 2. The molecule has 0 aliphatic heterocycles. The highest BCUT2D eigenvalue weighted by Crippen LogP contribution is 2.39. The van der Waals surface area contributed by atoms with Gasteiger partial charge in [0.1, 0.15) is 5.75 Å². The molecule has 0 bridgehead atoms. The molecule has 1 saturated carbocycles. The number of halogens is 1. The minimum absolute atomic E-state index is 0. The summed E-state index contributed by atoms with van der Waals surface area (Å²) in [6.07, 6.45) is 2.55. The van der Waals surface area contributed by atoms with Gasteiger partial charge in [0.2, 0.25) is 0 Å². The maximum Gasteiger partial charge on any atom is 0.119 e. The van der Waals surface area contributed by atoms with Crippen molar-refractivity contribution in [2.24, 2.45) is 11.7 Å². The van der Waals surface area contributed by atoms with E-state index in [1.165, 1.54) is 18.4 Å². The third kappa shape index (κ3) is 2.40. The lowest BCUT2D eigenvalue weighted by Gasteiger charge is -2.11. The van der Waals surface area contributed by atoms with Crippen LogP contribution in [0, 0.1) is 5.92 Å². The van der Waals surface area contributed by atoms with Crippen LogP contribution in [0.1, 0.15) is 24.4 Å². The van der Waals surface area contributed by atoms with E-state index in [1.54, 1.807) is 7.11 Å². The van der Waals surface area contributed by atoms with Gasteiger partial charge in [-0.25, -0.2) is 0 Å². The fraction of sp³-hybridized carbons (Fsp3) is 0.455. The van der Waals surface area contributed by atoms with Crippen molar-refractivity contribution in [3.05, 3.63) is 29.8 Å². The quantitative estimate of drug-likeness (QED) is 0.838. The van der Waals surface area contributed by atoms with E-state index in [4.69, 9.17) is 10.5 Å². The highest BCUT2D eigenvalue weighted by atomic mass is 35.5. The summed E-state index contributed by atoms with van der Waals surface area (Å²) in [6, 6.07) is 8.25. The summed E-state index contributed by atoms with van der Waals surface area (Å²) < 4.78 is 5.15. The molecule has 1 aromatic rings. The summed E-state index contributed by atoms with van der Waals surface area (Å²) in [5, 5.41) is 0. The van der Waals surface area contributed by atoms with Crippen LogP contribution in [0.15, 0.2) is 24.3 Å². The van der Waals surface area contributed by atoms with Crippen LogP contribution >= 0.6 is 12.4 Å². The van der Waals surface area contributed by atoms with Crippen LogP contribution in [0.2, 0.25) is 0 Å². The Morgan fingerprint density at radius 3 is 2.71 bits per heavy atom. The molecule has 0 aromatic heterocycles. The van der Waals surface area contributed by atoms with Gasteiger partial charge in [0.05, 0.1) is 7.11 Å². The Bertz CT molecular complexity index is 299. The topological polar surface area (TPSA) is 35.2 Å². The minimum atomic E-state index is 0. The molecule has 0 heterocycles. The van der Waals surface area contributed by atoms with Crippen LogP contribution in [-0.2, 0) is 0 Å². The molecule has 0 amide bonds. The van der Waals surface area contributed by atoms with Gasteiger partial charge in [-0.2, -0.15) is 0 Å². The highest BCUT2D eigenvalue weighted by molar-refractivity contribution is 5.85. The van der Waals surface area contributed by atoms with Crippen molar-refractivity contribution < 1.29 is 4.74 Å². The van der Waals surface area contributed by atoms with E-state index >= 15 is 0 Å². The molecular weight excluding hydrogens is 198 g/mol. The molecule has 1 aromatic carbocycles. The molecule has 0 saturated heterocycles. The third-order valence-electron chi connectivity index (χ3n) is 2.61. The van der Waals surface area contributed by atoms with Gasteiger partial charge in [-0.15, -0.1) is 12.4 Å². The molecule has 14 heavy (non-hydrogen) atoms. The largest absolute Gasteiger partial charge is 0.497 e. The van der Waals surface area contributed by atoms with E-state index in [2.05, 4.69) is 6.07 Å². The zero-order chi connectivity index (χ0) is 9.26. The summed E-state index contributed by atoms with van der Waals surface area (Å²) in [5.74, 6) is 1.60. The molecular formula is C11H16ClNO. The van der Waals surface area contributed by atoms with Gasteiger partial charge in [0.25, 0.3) is 0 Å². The lowest BCUT2D eigenvalue weighted by Crippen LogP contribution is -2.12. The summed E-state index contributed by atoms with van der Waals surface area (Å²) in [5.41, 5.74) is 7.26. The molecule has 2 N–H and O–H groups in total. The van der Waals surface area contributed by atoms with Crippen LogP contribution in [0.3, 0.4) is 0 Å². The second kappa shape index (κ2) is 4.67. The predicted octanol–water partition coefficient (Wildman–Crippen LogP) is 2.53. The van der Waals surface area contributed by atoms with E-state index in [9.17, 15) is 0 Å². The van der Waals surface area contributed by atoms with Crippen molar-refractivity contribution in [3.63, 3.8) is 0 Å². The average molecular weight is 214 g/mol. The third-order valence-corrected chi connectivity index (χ3v) is 2.61. The SMILES string of the molecule is COc1cccc([C@H](N)C2CC2)c1.Cl. The van der Waals surface area contributed by atoms with Crippen molar-refractivity contribution in [3.8, 4) is 5.75 Å². The van der Waals surface area contributed by atoms with E-state index in [0.29, 0.717) is 5.92 Å². The minimum Gasteiger partial charge on any atom is -0.497 e. The Morgan fingerprint density at radius 2 is 2.14 bits per heavy atom. The number of hydrogen-bond donors (Lipinski definition) is 1. The van der Waals surface area contributed by atoms with Crippen molar-refractivity contribution in [2.75, 3.05) is 7.11 Å². The van der Waals surface area contributed by atoms with Gasteiger partial charge in [-0.1, -0.05) is 12.1 Å². The zero-order valence-electron chi connectivity index (χ0n) is 8.27. The maximum atomic E-state index is 6.07. The first kappa shape index (κ1) is 11.3. The van der Waals surface area contributed by atoms with Crippen molar-refractivity contribution >= 4 is 12.4 Å². The van der Waals surface area contributed by atoms with Gasteiger partial charge < -0.3 is 10.5 Å². The molecule has 2 rings (SSSR count). The molecule has 0 unspecified atom stereocenters. The van der Waals surface area contributed by atoms with Crippen molar-refractivity contribution in [1.29, 1.82) is 0 Å². The van der Waals surface area contributed by atoms with E-state index in [0.717, 1.165) is 5.75 Å². The Balaban J connectivity index is 0.000000980. The monoisotopic (exact) mass is 213 g/mol. The lowest BCUT2D eigenvalue weighted by molar-refractivity contribution is 0.413. The zero-order valence-corrected chi connectivity index (χ0v) is 9.09. The summed E-state index contributed by atoms with van der Waals surface area (Å²) in [6.45, 7) is 0. The van der Waals surface area contributed by atoms with Gasteiger partial charge in [0, 0.05) is 6.04 Å². The molecule has 0 radical (unpaired) electrons. The molecule has 0 spiro atoms. The van der Waals surface area contributed by atoms with Crippen LogP contribution in [0.5, 0.6) is 5.75 Å². The predicted molar refractivity (Wildman–Crippen MR) is 59.9 cm³/mol. The smallest absolute Gasteiger partial charge is 0.119 e. The molecule has 2 nitrogen and oxygen atoms in total. The number of methoxy groups -OCH3 is 1. The molecule has 78 valence electrons. The van der Waals surface area contributed by atoms with Crippen LogP contribution in [0.4, 0.5) is 0 Å². The summed E-state index contributed by atoms with van der Waals surface area (Å²) in [4.78, 5) is 0. The highest BCUT2D eigenvalue weighted by Gasteiger charge is 2.29. The number of benzene rings is 1. The first-order chi connectivity index (χ1) is 6.31. The average Bonchev–Trinajstić information content (AvgIpc) is 3.00. The van der Waals surface area contributed by atoms with E-state index in [-0.39, 0.29) is 18.4 Å². The normalized spacial score (nSPS) is 17.0. The van der Waals surface area contributed by atoms with Gasteiger partial charge in [0.15, 0.2) is 0 Å². The van der Waals surface area contributed by atoms with E-state index in [1.807, 2.05) is 18.2 Å². The van der Waals surface area contributed by atoms with Crippen LogP contribution in [-0.4, -0.2) is 7.11 Å². The fourth-order valence-corrected chi connectivity index (χ4v) is 1.58. The molecule has 1 fully saturated rings. The number of rotatable bonds is 3. The Kier molecular flexibility index (Phi) is 3.78. The van der Waals surface area contributed by atoms with Gasteiger partial charge in [-0.05, 0) is 36.5 Å². The number of nitrogens with two attached hydrogens (primary N) is 1. The van der Waals surface area contributed by atoms with Crippen molar-refractivity contribution in [1.82, 2.24) is 0 Å². The summed E-state index contributed by atoms with van der Waals surface area (Å²) >= 11 is 0. The van der Waals surface area contributed by atoms with Gasteiger partial charge in [-0.3, -0.25) is 0 Å². The standard InChI is InChI=1S/C11H15NO.ClH/c1-13-10-4-2-3-9(7-10)11(12)8-5-6-8;/h2-4,7-8,11H,5-6,12H2,1H3;1H/t11-;/m1./s1. The van der Waals surface area contributed by atoms with Crippen LogP contribution < -0.4 is 10.5 Å². The Labute approximate surface area is 90.9 Å². The first-order valence-corrected chi connectivity index (χ1v) is 4.71. The molecule has 1 aliphatic rings. The Morgan fingerprint density at radius 1 is 1.43 bits per heavy atom. The molecule has 1 aliphatic carbocycles. The van der Waals surface area contributed by atoms with Crippen LogP contribution in [0.25, 0.3) is 0 Å². The maximum absolute atomic E-state index is 6.07. The molecule has 3 heteroatoms.